The zero-order valence-corrected chi connectivity index (χ0v) is 16.5. The number of nitrogens with one attached hydrogen (secondary N) is 1. The summed E-state index contributed by atoms with van der Waals surface area (Å²) in [4.78, 5) is 21.6. The molecule has 4 rings (SSSR count). The van der Waals surface area contributed by atoms with Crippen molar-refractivity contribution in [2.45, 2.75) is 24.3 Å². The van der Waals surface area contributed by atoms with Crippen molar-refractivity contribution < 1.29 is 4.79 Å². The van der Waals surface area contributed by atoms with Gasteiger partial charge in [0.25, 0.3) is 0 Å². The normalized spacial score (nSPS) is 12.1. The molecule has 140 valence electrons. The van der Waals surface area contributed by atoms with Crippen LogP contribution in [0.2, 0.25) is 0 Å². The molecule has 1 amide bonds. The van der Waals surface area contributed by atoms with Crippen molar-refractivity contribution >= 4 is 34.3 Å². The molecule has 0 bridgehead atoms. The van der Waals surface area contributed by atoms with Gasteiger partial charge in [-0.15, -0.1) is 0 Å². The first kappa shape index (κ1) is 18.3. The summed E-state index contributed by atoms with van der Waals surface area (Å²) in [6.07, 6.45) is 5.43. The molecule has 0 fully saturated rings. The average molecular weight is 388 g/mol. The lowest BCUT2D eigenvalue weighted by molar-refractivity contribution is -0.115. The van der Waals surface area contributed by atoms with Crippen LogP contribution in [0.25, 0.3) is 16.6 Å². The number of benzene rings is 2. The van der Waals surface area contributed by atoms with Crippen LogP contribution in [0.5, 0.6) is 0 Å². The second kappa shape index (κ2) is 7.86. The largest absolute Gasteiger partial charge is 0.324 e. The summed E-state index contributed by atoms with van der Waals surface area (Å²) in [5.74, 6) is -0.0688. The summed E-state index contributed by atoms with van der Waals surface area (Å²) < 4.78 is 2.02. The molecule has 0 spiro atoms. The molecule has 6 heteroatoms. The number of hydrogen-bond acceptors (Lipinski definition) is 4. The van der Waals surface area contributed by atoms with Crippen LogP contribution < -0.4 is 5.32 Å². The minimum absolute atomic E-state index is 0.0688. The van der Waals surface area contributed by atoms with Crippen LogP contribution in [-0.2, 0) is 4.79 Å². The van der Waals surface area contributed by atoms with E-state index in [0.29, 0.717) is 0 Å². The van der Waals surface area contributed by atoms with Gasteiger partial charge in [0.15, 0.2) is 5.16 Å². The molecule has 0 radical (unpaired) electrons. The van der Waals surface area contributed by atoms with Gasteiger partial charge in [0.1, 0.15) is 0 Å². The van der Waals surface area contributed by atoms with E-state index in [0.717, 1.165) is 33.0 Å². The second-order valence-electron chi connectivity index (χ2n) is 6.49. The molecule has 0 aliphatic heterocycles. The number of aryl methyl sites for hydroxylation is 1. The fourth-order valence-electron chi connectivity index (χ4n) is 3.05. The van der Waals surface area contributed by atoms with E-state index in [9.17, 15) is 4.79 Å². The molecule has 0 saturated heterocycles. The van der Waals surface area contributed by atoms with Crippen molar-refractivity contribution in [3.8, 4) is 5.69 Å². The minimum atomic E-state index is -0.308. The third kappa shape index (κ3) is 3.64. The Hall–Kier alpha value is -3.12. The van der Waals surface area contributed by atoms with E-state index in [1.807, 2.05) is 60.2 Å². The molecular formula is C22H20N4OS. The predicted octanol–water partition coefficient (Wildman–Crippen LogP) is 4.85. The zero-order chi connectivity index (χ0) is 19.5. The highest BCUT2D eigenvalue weighted by Gasteiger charge is 2.19. The van der Waals surface area contributed by atoms with Crippen LogP contribution in [0, 0.1) is 6.92 Å². The quantitative estimate of drug-likeness (QED) is 0.497. The van der Waals surface area contributed by atoms with Crippen molar-refractivity contribution in [2.75, 3.05) is 5.32 Å². The Balaban J connectivity index is 1.53. The smallest absolute Gasteiger partial charge is 0.237 e. The van der Waals surface area contributed by atoms with Crippen LogP contribution in [0.4, 0.5) is 5.69 Å². The van der Waals surface area contributed by atoms with Gasteiger partial charge in [-0.1, -0.05) is 36.0 Å². The van der Waals surface area contributed by atoms with E-state index < -0.39 is 0 Å². The summed E-state index contributed by atoms with van der Waals surface area (Å²) in [5.41, 5.74) is 3.85. The number of thioether (sulfide) groups is 1. The van der Waals surface area contributed by atoms with Gasteiger partial charge in [-0.05, 0) is 49.7 Å². The van der Waals surface area contributed by atoms with E-state index in [1.165, 1.54) is 11.8 Å². The minimum Gasteiger partial charge on any atom is -0.324 e. The standard InChI is InChI=1S/C22H20N4OS/c1-15-7-3-4-11-20(15)26-14-13-24-22(26)28-16(2)21(27)25-19-10-5-9-18-17(19)8-6-12-23-18/h3-14,16H,1-2H3,(H,25,27)/t16-/m1/s1. The van der Waals surface area contributed by atoms with Crippen LogP contribution in [0.1, 0.15) is 12.5 Å². The van der Waals surface area contributed by atoms with Gasteiger partial charge in [0.2, 0.25) is 5.91 Å². The summed E-state index contributed by atoms with van der Waals surface area (Å²) in [5, 5.41) is 4.44. The Morgan fingerprint density at radius 3 is 2.75 bits per heavy atom. The number of amides is 1. The van der Waals surface area contributed by atoms with E-state index >= 15 is 0 Å². The lowest BCUT2D eigenvalue weighted by Gasteiger charge is -2.15. The lowest BCUT2D eigenvalue weighted by atomic mass is 10.2. The molecular weight excluding hydrogens is 368 g/mol. The van der Waals surface area contributed by atoms with Crippen LogP contribution in [-0.4, -0.2) is 25.7 Å². The van der Waals surface area contributed by atoms with Gasteiger partial charge < -0.3 is 5.32 Å². The second-order valence-corrected chi connectivity index (χ2v) is 7.80. The van der Waals surface area contributed by atoms with E-state index in [4.69, 9.17) is 0 Å². The first-order chi connectivity index (χ1) is 13.6. The predicted molar refractivity (Wildman–Crippen MR) is 114 cm³/mol. The molecule has 0 saturated carbocycles. The number of pyridine rings is 1. The fraction of sp³-hybridized carbons (Fsp3) is 0.136. The number of nitrogens with zero attached hydrogens (tertiary/aromatic N) is 3. The van der Waals surface area contributed by atoms with E-state index in [2.05, 4.69) is 34.3 Å². The number of imidazole rings is 1. The zero-order valence-electron chi connectivity index (χ0n) is 15.7. The van der Waals surface area contributed by atoms with Gasteiger partial charge in [-0.3, -0.25) is 14.3 Å². The number of carbonyl (C=O) groups is 1. The summed E-state index contributed by atoms with van der Waals surface area (Å²) >= 11 is 1.44. The lowest BCUT2D eigenvalue weighted by Crippen LogP contribution is -2.23. The van der Waals surface area contributed by atoms with Gasteiger partial charge >= 0.3 is 0 Å². The number of hydrogen-bond donors (Lipinski definition) is 1. The topological polar surface area (TPSA) is 59.8 Å². The highest BCUT2D eigenvalue weighted by molar-refractivity contribution is 8.00. The highest BCUT2D eigenvalue weighted by Crippen LogP contribution is 2.28. The Labute approximate surface area is 167 Å². The maximum absolute atomic E-state index is 12.8. The number of aromatic nitrogens is 3. The van der Waals surface area contributed by atoms with Crippen molar-refractivity contribution in [2.24, 2.45) is 0 Å². The molecule has 28 heavy (non-hydrogen) atoms. The third-order valence-corrected chi connectivity index (χ3v) is 5.62. The van der Waals surface area contributed by atoms with E-state index in [1.54, 1.807) is 12.4 Å². The number of carbonyl (C=O) groups excluding carboxylic acids is 1. The Bertz CT molecular complexity index is 1130. The number of anilines is 1. The van der Waals surface area contributed by atoms with Crippen molar-refractivity contribution in [3.63, 3.8) is 0 Å². The van der Waals surface area contributed by atoms with Gasteiger partial charge in [0.05, 0.1) is 22.1 Å². The van der Waals surface area contributed by atoms with Gasteiger partial charge in [-0.25, -0.2) is 4.98 Å². The van der Waals surface area contributed by atoms with Crippen molar-refractivity contribution in [3.05, 3.63) is 78.8 Å². The van der Waals surface area contributed by atoms with Crippen LogP contribution >= 0.6 is 11.8 Å². The molecule has 1 atom stereocenters. The maximum Gasteiger partial charge on any atom is 0.237 e. The molecule has 5 nitrogen and oxygen atoms in total. The molecule has 2 aromatic carbocycles. The molecule has 2 heterocycles. The van der Waals surface area contributed by atoms with Crippen molar-refractivity contribution in [1.29, 1.82) is 0 Å². The van der Waals surface area contributed by atoms with E-state index in [-0.39, 0.29) is 11.2 Å². The number of rotatable bonds is 5. The highest BCUT2D eigenvalue weighted by atomic mass is 32.2. The monoisotopic (exact) mass is 388 g/mol. The maximum atomic E-state index is 12.8. The van der Waals surface area contributed by atoms with Crippen molar-refractivity contribution in [1.82, 2.24) is 14.5 Å². The fourth-order valence-corrected chi connectivity index (χ4v) is 3.93. The molecule has 1 N–H and O–H groups in total. The summed E-state index contributed by atoms with van der Waals surface area (Å²) in [7, 11) is 0. The molecule has 0 unspecified atom stereocenters. The van der Waals surface area contributed by atoms with Gasteiger partial charge in [0, 0.05) is 24.0 Å². The Morgan fingerprint density at radius 1 is 1.04 bits per heavy atom. The summed E-state index contributed by atoms with van der Waals surface area (Å²) in [6.45, 7) is 3.95. The number of fused-ring (bicyclic) bond motifs is 1. The molecule has 0 aliphatic carbocycles. The third-order valence-electron chi connectivity index (χ3n) is 4.54. The van der Waals surface area contributed by atoms with Crippen LogP contribution in [0.15, 0.2) is 78.3 Å². The Morgan fingerprint density at radius 2 is 1.89 bits per heavy atom. The molecule has 4 aromatic rings. The van der Waals surface area contributed by atoms with Gasteiger partial charge in [-0.2, -0.15) is 0 Å². The molecule has 2 aromatic heterocycles. The Kier molecular flexibility index (Phi) is 5.12. The average Bonchev–Trinajstić information content (AvgIpc) is 3.16. The first-order valence-electron chi connectivity index (χ1n) is 9.04. The SMILES string of the molecule is Cc1ccccc1-n1ccnc1S[C@H](C)C(=O)Nc1cccc2ncccc12. The van der Waals surface area contributed by atoms with Crippen LogP contribution in [0.3, 0.4) is 0 Å². The summed E-state index contributed by atoms with van der Waals surface area (Å²) in [6, 6.07) is 17.7. The first-order valence-corrected chi connectivity index (χ1v) is 9.92. The molecule has 0 aliphatic rings. The number of para-hydroxylation sites is 1.